The van der Waals surface area contributed by atoms with E-state index in [0.29, 0.717) is 11.4 Å². The van der Waals surface area contributed by atoms with Crippen molar-refractivity contribution in [2.24, 2.45) is 0 Å². The predicted octanol–water partition coefficient (Wildman–Crippen LogP) is 2.44. The fourth-order valence-electron chi connectivity index (χ4n) is 3.24. The van der Waals surface area contributed by atoms with Crippen molar-refractivity contribution < 1.29 is 0 Å². The van der Waals surface area contributed by atoms with Gasteiger partial charge in [0.25, 0.3) is 0 Å². The highest BCUT2D eigenvalue weighted by Gasteiger charge is 2.24. The van der Waals surface area contributed by atoms with Gasteiger partial charge in [0.1, 0.15) is 11.9 Å². The van der Waals surface area contributed by atoms with Crippen molar-refractivity contribution in [3.63, 3.8) is 0 Å². The van der Waals surface area contributed by atoms with E-state index in [0.717, 1.165) is 50.2 Å². The molecule has 0 spiro atoms. The van der Waals surface area contributed by atoms with Gasteiger partial charge in [-0.15, -0.1) is 0 Å². The molecule has 23 heavy (non-hydrogen) atoms. The molecule has 0 bridgehead atoms. The third kappa shape index (κ3) is 3.17. The molecule has 0 aromatic carbocycles. The Morgan fingerprint density at radius 3 is 3.00 bits per heavy atom. The first kappa shape index (κ1) is 15.4. The molecule has 3 rings (SSSR count). The Labute approximate surface area is 136 Å². The van der Waals surface area contributed by atoms with E-state index in [2.05, 4.69) is 33.9 Å². The molecule has 3 heterocycles. The van der Waals surface area contributed by atoms with Crippen LogP contribution in [0, 0.1) is 11.3 Å². The van der Waals surface area contributed by atoms with Gasteiger partial charge in [0.05, 0.1) is 5.56 Å². The van der Waals surface area contributed by atoms with Crippen LogP contribution in [0.3, 0.4) is 0 Å². The number of nitrogens with two attached hydrogens (primary N) is 1. The van der Waals surface area contributed by atoms with E-state index in [9.17, 15) is 5.26 Å². The maximum absolute atomic E-state index is 9.44. The lowest BCUT2D eigenvalue weighted by Crippen LogP contribution is -2.32. The van der Waals surface area contributed by atoms with Crippen molar-refractivity contribution in [3.8, 4) is 6.07 Å². The minimum atomic E-state index is 0.385. The molecule has 0 radical (unpaired) electrons. The quantitative estimate of drug-likeness (QED) is 0.938. The van der Waals surface area contributed by atoms with Gasteiger partial charge in [0, 0.05) is 44.1 Å². The molecular weight excluding hydrogens is 286 g/mol. The van der Waals surface area contributed by atoms with Gasteiger partial charge < -0.3 is 5.73 Å². The minimum Gasteiger partial charge on any atom is -0.383 e. The van der Waals surface area contributed by atoms with Crippen LogP contribution in [0.5, 0.6) is 0 Å². The van der Waals surface area contributed by atoms with Crippen LogP contribution >= 0.6 is 0 Å². The molecule has 0 saturated heterocycles. The number of nitrogen functional groups attached to an aromatic ring is 1. The van der Waals surface area contributed by atoms with E-state index < -0.39 is 0 Å². The summed E-state index contributed by atoms with van der Waals surface area (Å²) in [6, 6.07) is 6.31. The first-order valence-electron chi connectivity index (χ1n) is 8.04. The first-order valence-corrected chi connectivity index (χ1v) is 8.04. The molecule has 0 fully saturated rings. The monoisotopic (exact) mass is 307 g/mol. The average Bonchev–Trinajstić information content (AvgIpc) is 2.57. The standard InChI is InChI=1S/C18H21N5/c1-2-4-14-15(9-19)18(20)22-17-6-8-23(12-16(14)17)11-13-5-3-7-21-10-13/h3,5,7,10H,2,4,6,8,11-12H2,1H3,(H2,20,22). The number of nitriles is 1. The lowest BCUT2D eigenvalue weighted by Gasteiger charge is -2.30. The van der Waals surface area contributed by atoms with Crippen LogP contribution in [0.1, 0.15) is 41.3 Å². The van der Waals surface area contributed by atoms with Crippen molar-refractivity contribution in [1.82, 2.24) is 14.9 Å². The van der Waals surface area contributed by atoms with Gasteiger partial charge in [-0.05, 0) is 29.2 Å². The van der Waals surface area contributed by atoms with Crippen molar-refractivity contribution in [2.75, 3.05) is 12.3 Å². The van der Waals surface area contributed by atoms with Crippen molar-refractivity contribution >= 4 is 5.82 Å². The molecule has 0 aliphatic carbocycles. The Bertz CT molecular complexity index is 733. The average molecular weight is 307 g/mol. The highest BCUT2D eigenvalue weighted by molar-refractivity contribution is 5.57. The highest BCUT2D eigenvalue weighted by atomic mass is 15.1. The molecule has 1 aliphatic rings. The molecular formula is C18H21N5. The topological polar surface area (TPSA) is 78.8 Å². The van der Waals surface area contributed by atoms with Crippen molar-refractivity contribution in [2.45, 2.75) is 39.3 Å². The molecule has 118 valence electrons. The third-order valence-corrected chi connectivity index (χ3v) is 4.31. The van der Waals surface area contributed by atoms with Gasteiger partial charge in [-0.1, -0.05) is 19.4 Å². The number of rotatable bonds is 4. The van der Waals surface area contributed by atoms with E-state index in [4.69, 9.17) is 5.73 Å². The van der Waals surface area contributed by atoms with Crippen molar-refractivity contribution in [3.05, 3.63) is 52.5 Å². The van der Waals surface area contributed by atoms with Crippen LogP contribution in [0.4, 0.5) is 5.82 Å². The van der Waals surface area contributed by atoms with Gasteiger partial charge in [-0.2, -0.15) is 5.26 Å². The van der Waals surface area contributed by atoms with Crippen LogP contribution in [-0.2, 0) is 25.9 Å². The zero-order valence-electron chi connectivity index (χ0n) is 13.4. The van der Waals surface area contributed by atoms with Gasteiger partial charge in [-0.3, -0.25) is 9.88 Å². The minimum absolute atomic E-state index is 0.385. The number of hydrogen-bond acceptors (Lipinski definition) is 5. The maximum Gasteiger partial charge on any atom is 0.141 e. The van der Waals surface area contributed by atoms with E-state index in [1.807, 2.05) is 12.3 Å². The van der Waals surface area contributed by atoms with Crippen LogP contribution in [0.25, 0.3) is 0 Å². The summed E-state index contributed by atoms with van der Waals surface area (Å²) in [6.07, 6.45) is 6.44. The highest BCUT2D eigenvalue weighted by Crippen LogP contribution is 2.28. The van der Waals surface area contributed by atoms with Crippen LogP contribution < -0.4 is 5.73 Å². The number of nitrogens with zero attached hydrogens (tertiary/aromatic N) is 4. The van der Waals surface area contributed by atoms with E-state index in [1.54, 1.807) is 6.20 Å². The zero-order valence-corrected chi connectivity index (χ0v) is 13.4. The molecule has 2 aromatic heterocycles. The lowest BCUT2D eigenvalue weighted by atomic mass is 9.93. The van der Waals surface area contributed by atoms with Crippen LogP contribution in [-0.4, -0.2) is 21.4 Å². The number of hydrogen-bond donors (Lipinski definition) is 1. The predicted molar refractivity (Wildman–Crippen MR) is 89.4 cm³/mol. The second-order valence-corrected chi connectivity index (χ2v) is 5.96. The molecule has 1 aliphatic heterocycles. The third-order valence-electron chi connectivity index (χ3n) is 4.31. The summed E-state index contributed by atoms with van der Waals surface area (Å²) >= 11 is 0. The van der Waals surface area contributed by atoms with Gasteiger partial charge in [0.2, 0.25) is 0 Å². The first-order chi connectivity index (χ1) is 11.2. The Morgan fingerprint density at radius 1 is 1.43 bits per heavy atom. The normalized spacial score (nSPS) is 14.3. The molecule has 5 heteroatoms. The Balaban J connectivity index is 1.91. The Morgan fingerprint density at radius 2 is 2.30 bits per heavy atom. The maximum atomic E-state index is 9.44. The molecule has 5 nitrogen and oxygen atoms in total. The molecule has 0 unspecified atom stereocenters. The smallest absolute Gasteiger partial charge is 0.141 e. The molecule has 0 saturated carbocycles. The molecule has 0 amide bonds. The number of anilines is 1. The van der Waals surface area contributed by atoms with Crippen LogP contribution in [0.15, 0.2) is 24.5 Å². The van der Waals surface area contributed by atoms with Gasteiger partial charge in [0.15, 0.2) is 0 Å². The van der Waals surface area contributed by atoms with Gasteiger partial charge >= 0.3 is 0 Å². The number of pyridine rings is 2. The summed E-state index contributed by atoms with van der Waals surface area (Å²) in [5, 5.41) is 9.44. The largest absolute Gasteiger partial charge is 0.383 e. The summed E-state index contributed by atoms with van der Waals surface area (Å²) in [7, 11) is 0. The van der Waals surface area contributed by atoms with E-state index in [1.165, 1.54) is 11.1 Å². The Kier molecular flexibility index (Phi) is 4.54. The lowest BCUT2D eigenvalue weighted by molar-refractivity contribution is 0.242. The molecule has 0 atom stereocenters. The Hall–Kier alpha value is -2.45. The summed E-state index contributed by atoms with van der Waals surface area (Å²) in [4.78, 5) is 11.1. The summed E-state index contributed by atoms with van der Waals surface area (Å²) in [6.45, 7) is 4.76. The zero-order chi connectivity index (χ0) is 16.2. The van der Waals surface area contributed by atoms with Crippen LogP contribution in [0.2, 0.25) is 0 Å². The second-order valence-electron chi connectivity index (χ2n) is 5.96. The number of aromatic nitrogens is 2. The van der Waals surface area contributed by atoms with E-state index in [-0.39, 0.29) is 0 Å². The van der Waals surface area contributed by atoms with Crippen molar-refractivity contribution in [1.29, 1.82) is 5.26 Å². The summed E-state index contributed by atoms with van der Waals surface area (Å²) in [5.41, 5.74) is 11.1. The SMILES string of the molecule is CCCc1c(C#N)c(N)nc2c1CN(Cc1cccnc1)CC2. The fourth-order valence-corrected chi connectivity index (χ4v) is 3.24. The van der Waals surface area contributed by atoms with E-state index >= 15 is 0 Å². The molecule has 2 aromatic rings. The second kappa shape index (κ2) is 6.76. The summed E-state index contributed by atoms with van der Waals surface area (Å²) in [5.74, 6) is 0.385. The fraction of sp³-hybridized carbons (Fsp3) is 0.389. The van der Waals surface area contributed by atoms with Gasteiger partial charge in [-0.25, -0.2) is 4.98 Å². The summed E-state index contributed by atoms with van der Waals surface area (Å²) < 4.78 is 0. The molecule has 2 N–H and O–H groups in total. The number of fused-ring (bicyclic) bond motifs is 1.